The Morgan fingerprint density at radius 1 is 1.35 bits per heavy atom. The lowest BCUT2D eigenvalue weighted by molar-refractivity contribution is -0.137. The summed E-state index contributed by atoms with van der Waals surface area (Å²) in [6.07, 6.45) is -4.27. The van der Waals surface area contributed by atoms with Gasteiger partial charge in [0.1, 0.15) is 6.17 Å². The largest absolute Gasteiger partial charge is 0.416 e. The Bertz CT molecular complexity index is 535. The van der Waals surface area contributed by atoms with Crippen LogP contribution < -0.4 is 11.2 Å². The first kappa shape index (κ1) is 14.3. The number of hydrazine groups is 1. The number of nitrogens with one attached hydrogen (secondary N) is 2. The van der Waals surface area contributed by atoms with Crippen LogP contribution in [0.15, 0.2) is 29.3 Å². The lowest BCUT2D eigenvalue weighted by Gasteiger charge is -2.32. The Hall–Kier alpha value is -2.09. The van der Waals surface area contributed by atoms with Crippen molar-refractivity contribution in [3.63, 3.8) is 0 Å². The molecule has 1 unspecified atom stereocenters. The van der Waals surface area contributed by atoms with Crippen molar-refractivity contribution in [1.82, 2.24) is 5.01 Å². The van der Waals surface area contributed by atoms with Gasteiger partial charge in [-0.1, -0.05) is 0 Å². The number of benzene rings is 1. The number of rotatable bonds is 2. The molecular formula is C12H14F3N5. The van der Waals surface area contributed by atoms with Gasteiger partial charge in [-0.2, -0.15) is 13.2 Å². The van der Waals surface area contributed by atoms with Gasteiger partial charge in [0.05, 0.1) is 5.56 Å². The second-order valence-electron chi connectivity index (χ2n) is 4.52. The molecule has 0 saturated heterocycles. The van der Waals surface area contributed by atoms with E-state index in [2.05, 4.69) is 10.3 Å². The van der Waals surface area contributed by atoms with Crippen molar-refractivity contribution in [2.45, 2.75) is 25.7 Å². The molecule has 20 heavy (non-hydrogen) atoms. The number of alkyl halides is 3. The number of hydrogen-bond donors (Lipinski definition) is 3. The molecule has 1 aromatic rings. The van der Waals surface area contributed by atoms with E-state index in [0.29, 0.717) is 12.1 Å². The summed E-state index contributed by atoms with van der Waals surface area (Å²) < 4.78 is 37.4. The fourth-order valence-corrected chi connectivity index (χ4v) is 1.88. The Morgan fingerprint density at radius 3 is 2.50 bits per heavy atom. The van der Waals surface area contributed by atoms with Gasteiger partial charge in [-0.25, -0.2) is 10.8 Å². The minimum Gasteiger partial charge on any atom is -0.364 e. The zero-order valence-corrected chi connectivity index (χ0v) is 10.7. The molecule has 1 aliphatic rings. The van der Waals surface area contributed by atoms with Crippen molar-refractivity contribution in [3.05, 3.63) is 29.8 Å². The van der Waals surface area contributed by atoms with Crippen molar-refractivity contribution in [3.8, 4) is 0 Å². The van der Waals surface area contributed by atoms with Crippen LogP contribution in [0.3, 0.4) is 0 Å². The van der Waals surface area contributed by atoms with Crippen molar-refractivity contribution >= 4 is 17.4 Å². The second-order valence-corrected chi connectivity index (χ2v) is 4.52. The molecule has 4 N–H and O–H groups in total. The average Bonchev–Trinajstić information content (AvgIpc) is 2.35. The summed E-state index contributed by atoms with van der Waals surface area (Å²) >= 11 is 0. The van der Waals surface area contributed by atoms with E-state index in [4.69, 9.17) is 11.3 Å². The summed E-state index contributed by atoms with van der Waals surface area (Å²) in [7, 11) is 0. The highest BCUT2D eigenvalue weighted by Gasteiger charge is 2.30. The van der Waals surface area contributed by atoms with Gasteiger partial charge in [-0.15, -0.1) is 0 Å². The molecule has 0 spiro atoms. The van der Waals surface area contributed by atoms with Gasteiger partial charge >= 0.3 is 6.18 Å². The summed E-state index contributed by atoms with van der Waals surface area (Å²) in [5.41, 5.74) is 0.531. The third kappa shape index (κ3) is 3.08. The maximum absolute atomic E-state index is 12.5. The Morgan fingerprint density at radius 2 is 1.95 bits per heavy atom. The lowest BCUT2D eigenvalue weighted by atomic mass is 10.1. The van der Waals surface area contributed by atoms with Gasteiger partial charge in [0, 0.05) is 17.8 Å². The fourth-order valence-electron chi connectivity index (χ4n) is 1.88. The Labute approximate surface area is 113 Å². The third-order valence-electron chi connectivity index (χ3n) is 2.91. The Kier molecular flexibility index (Phi) is 3.67. The lowest BCUT2D eigenvalue weighted by Crippen LogP contribution is -2.52. The predicted molar refractivity (Wildman–Crippen MR) is 70.3 cm³/mol. The molecule has 0 radical (unpaired) electrons. The van der Waals surface area contributed by atoms with Crippen LogP contribution in [-0.2, 0) is 6.18 Å². The smallest absolute Gasteiger partial charge is 0.364 e. The monoisotopic (exact) mass is 285 g/mol. The molecule has 0 bridgehead atoms. The van der Waals surface area contributed by atoms with Crippen molar-refractivity contribution in [1.29, 1.82) is 5.41 Å². The van der Waals surface area contributed by atoms with E-state index < -0.39 is 17.9 Å². The zero-order valence-electron chi connectivity index (χ0n) is 10.7. The van der Waals surface area contributed by atoms with E-state index >= 15 is 0 Å². The Balaban J connectivity index is 2.11. The van der Waals surface area contributed by atoms with Crippen molar-refractivity contribution in [2.24, 2.45) is 10.8 Å². The molecule has 0 fully saturated rings. The van der Waals surface area contributed by atoms with Gasteiger partial charge in [0.25, 0.3) is 0 Å². The highest BCUT2D eigenvalue weighted by molar-refractivity contribution is 5.97. The van der Waals surface area contributed by atoms with E-state index in [1.807, 2.05) is 0 Å². The molecule has 1 aliphatic heterocycles. The number of nitrogens with two attached hydrogens (primary N) is 1. The molecule has 0 amide bonds. The minimum absolute atomic E-state index is 0.0850. The summed E-state index contributed by atoms with van der Waals surface area (Å²) in [5, 5.41) is 11.7. The van der Waals surface area contributed by atoms with Gasteiger partial charge < -0.3 is 5.32 Å². The first-order valence-electron chi connectivity index (χ1n) is 5.88. The van der Waals surface area contributed by atoms with Crippen LogP contribution in [0, 0.1) is 5.41 Å². The molecule has 0 aliphatic carbocycles. The number of hydrogen-bond acceptors (Lipinski definition) is 3. The summed E-state index contributed by atoms with van der Waals surface area (Å²) in [4.78, 5) is 3.91. The van der Waals surface area contributed by atoms with E-state index in [1.54, 1.807) is 6.92 Å². The molecule has 1 atom stereocenters. The fraction of sp³-hybridized carbons (Fsp3) is 0.333. The predicted octanol–water partition coefficient (Wildman–Crippen LogP) is 2.42. The number of guanidine groups is 1. The highest BCUT2D eigenvalue weighted by atomic mass is 19.4. The number of nitrogens with zero attached hydrogens (tertiary/aromatic N) is 2. The van der Waals surface area contributed by atoms with Gasteiger partial charge in [0.15, 0.2) is 0 Å². The van der Waals surface area contributed by atoms with Crippen LogP contribution in [0.25, 0.3) is 0 Å². The molecule has 8 heteroatoms. The van der Waals surface area contributed by atoms with E-state index in [1.165, 1.54) is 12.1 Å². The standard InChI is InChI=1S/C12H14F3N5/c1-7-6-10(20(17)11(16)18-7)19-9-4-2-8(3-5-9)12(13,14)15/h2-5,10,16,19H,6,17H2,1H3. The topological polar surface area (TPSA) is 77.5 Å². The van der Waals surface area contributed by atoms with Gasteiger partial charge in [-0.3, -0.25) is 10.4 Å². The molecule has 108 valence electrons. The van der Waals surface area contributed by atoms with Crippen LogP contribution >= 0.6 is 0 Å². The van der Waals surface area contributed by atoms with E-state index in [0.717, 1.165) is 22.9 Å². The van der Waals surface area contributed by atoms with Crippen LogP contribution in [0.4, 0.5) is 18.9 Å². The maximum Gasteiger partial charge on any atom is 0.416 e. The molecule has 1 aromatic carbocycles. The minimum atomic E-state index is -4.35. The molecule has 0 aromatic heterocycles. The summed E-state index contributed by atoms with van der Waals surface area (Å²) in [6.45, 7) is 1.77. The normalized spacial score (nSPS) is 19.9. The molecule has 1 heterocycles. The molecule has 0 saturated carbocycles. The quantitative estimate of drug-likeness (QED) is 0.730. The second kappa shape index (κ2) is 5.12. The van der Waals surface area contributed by atoms with Crippen LogP contribution in [0.5, 0.6) is 0 Å². The van der Waals surface area contributed by atoms with Crippen molar-refractivity contribution < 1.29 is 13.2 Å². The SMILES string of the molecule is CC1=NC(=N)N(N)C(Nc2ccc(C(F)(F)F)cc2)C1. The summed E-state index contributed by atoms with van der Waals surface area (Å²) in [5.74, 6) is 5.61. The first-order valence-corrected chi connectivity index (χ1v) is 5.88. The van der Waals surface area contributed by atoms with E-state index in [-0.39, 0.29) is 5.96 Å². The number of halogens is 3. The molecule has 2 rings (SSSR count). The number of aliphatic imine (C=N–C) groups is 1. The molecular weight excluding hydrogens is 271 g/mol. The molecule has 5 nitrogen and oxygen atoms in total. The first-order chi connectivity index (χ1) is 9.27. The number of anilines is 1. The van der Waals surface area contributed by atoms with Crippen LogP contribution in [0.2, 0.25) is 0 Å². The van der Waals surface area contributed by atoms with Gasteiger partial charge in [-0.05, 0) is 31.2 Å². The highest BCUT2D eigenvalue weighted by Crippen LogP contribution is 2.30. The van der Waals surface area contributed by atoms with Crippen molar-refractivity contribution in [2.75, 3.05) is 5.32 Å². The van der Waals surface area contributed by atoms with Crippen LogP contribution in [0.1, 0.15) is 18.9 Å². The van der Waals surface area contributed by atoms with Gasteiger partial charge in [0.2, 0.25) is 5.96 Å². The average molecular weight is 285 g/mol. The zero-order chi connectivity index (χ0) is 14.9. The summed E-state index contributed by atoms with van der Waals surface area (Å²) in [6, 6.07) is 4.67. The van der Waals surface area contributed by atoms with E-state index in [9.17, 15) is 13.2 Å². The maximum atomic E-state index is 12.5. The van der Waals surface area contributed by atoms with Crippen LogP contribution in [-0.4, -0.2) is 22.8 Å². The third-order valence-corrected chi connectivity index (χ3v) is 2.91.